The highest BCUT2D eigenvalue weighted by Gasteiger charge is 2.06. The lowest BCUT2D eigenvalue weighted by Gasteiger charge is -2.04. The summed E-state index contributed by atoms with van der Waals surface area (Å²) in [6.07, 6.45) is 0.604. The van der Waals surface area contributed by atoms with Crippen LogP contribution in [0.15, 0.2) is 18.3 Å². The van der Waals surface area contributed by atoms with Gasteiger partial charge in [0.1, 0.15) is 12.3 Å². The Morgan fingerprint density at radius 3 is 2.79 bits per heavy atom. The van der Waals surface area contributed by atoms with E-state index in [-0.39, 0.29) is 31.3 Å². The second-order valence-corrected chi connectivity index (χ2v) is 3.36. The molecule has 0 fully saturated rings. The van der Waals surface area contributed by atoms with Gasteiger partial charge in [0, 0.05) is 11.8 Å². The molecule has 0 aliphatic carbocycles. The monoisotopic (exact) mass is 262 g/mol. The molecule has 19 heavy (non-hydrogen) atoms. The van der Waals surface area contributed by atoms with Crippen LogP contribution < -0.4 is 16.8 Å². The normalized spacial score (nSPS) is 9.11. The summed E-state index contributed by atoms with van der Waals surface area (Å²) >= 11 is 0. The van der Waals surface area contributed by atoms with Gasteiger partial charge in [-0.25, -0.2) is 9.78 Å². The van der Waals surface area contributed by atoms with E-state index in [1.807, 2.05) is 0 Å². The van der Waals surface area contributed by atoms with E-state index in [4.69, 9.17) is 11.5 Å². The van der Waals surface area contributed by atoms with Crippen LogP contribution in [0, 0.1) is 11.8 Å². The van der Waals surface area contributed by atoms with Gasteiger partial charge in [-0.1, -0.05) is 11.8 Å². The van der Waals surface area contributed by atoms with Gasteiger partial charge in [-0.05, 0) is 12.1 Å². The number of carbonyl (C=O) groups is 2. The van der Waals surface area contributed by atoms with Gasteiger partial charge in [-0.2, -0.15) is 0 Å². The molecule has 1 rings (SSSR count). The first-order valence-corrected chi connectivity index (χ1v) is 5.49. The van der Waals surface area contributed by atoms with E-state index >= 15 is 0 Å². The zero-order valence-corrected chi connectivity index (χ0v) is 10.2. The van der Waals surface area contributed by atoms with Crippen LogP contribution in [-0.4, -0.2) is 36.7 Å². The quantitative estimate of drug-likeness (QED) is 0.485. The lowest BCUT2D eigenvalue weighted by Crippen LogP contribution is -2.29. The van der Waals surface area contributed by atoms with E-state index in [1.165, 1.54) is 6.20 Å². The van der Waals surface area contributed by atoms with Crippen LogP contribution >= 0.6 is 0 Å². The second kappa shape index (κ2) is 7.68. The molecule has 0 saturated carbocycles. The van der Waals surface area contributed by atoms with Gasteiger partial charge in [0.05, 0.1) is 13.1 Å². The Labute approximate surface area is 110 Å². The average molecular weight is 262 g/mol. The third-order valence-electron chi connectivity index (χ3n) is 1.96. The molecule has 0 saturated heterocycles. The van der Waals surface area contributed by atoms with Crippen LogP contribution in [0.3, 0.4) is 0 Å². The van der Waals surface area contributed by atoms with Crippen LogP contribution in [0.25, 0.3) is 0 Å². The number of primary amides is 1. The molecule has 7 nitrogen and oxygen atoms in total. The number of aromatic nitrogens is 1. The molecule has 1 aromatic heterocycles. The van der Waals surface area contributed by atoms with E-state index in [2.05, 4.69) is 26.9 Å². The van der Waals surface area contributed by atoms with Crippen LogP contribution in [0.2, 0.25) is 0 Å². The molecule has 0 aromatic carbocycles. The highest BCUT2D eigenvalue weighted by Crippen LogP contribution is 1.98. The maximum atomic E-state index is 11.6. The minimum absolute atomic E-state index is 0.0150. The first kappa shape index (κ1) is 14.5. The predicted molar refractivity (Wildman–Crippen MR) is 68.0 cm³/mol. The number of carbonyl (C=O) groups excluding carboxylic acids is 2. The number of hydrogen-bond donors (Lipinski definition) is 3. The number of hydrogen-bond acceptors (Lipinski definition) is 5. The van der Waals surface area contributed by atoms with Gasteiger partial charge in [-0.15, -0.1) is 0 Å². The number of amides is 2. The van der Waals surface area contributed by atoms with Crippen molar-refractivity contribution in [3.8, 4) is 11.8 Å². The Hall–Kier alpha value is -2.59. The Bertz CT molecular complexity index is 502. The number of rotatable bonds is 4. The summed E-state index contributed by atoms with van der Waals surface area (Å²) in [5, 5.41) is 2.53. The van der Waals surface area contributed by atoms with Gasteiger partial charge in [0.25, 0.3) is 5.91 Å². The van der Waals surface area contributed by atoms with Crippen molar-refractivity contribution in [1.82, 2.24) is 10.3 Å². The largest absolute Gasteiger partial charge is 0.448 e. The van der Waals surface area contributed by atoms with Gasteiger partial charge in [0.15, 0.2) is 0 Å². The maximum absolute atomic E-state index is 11.6. The summed E-state index contributed by atoms with van der Waals surface area (Å²) in [4.78, 5) is 25.9. The van der Waals surface area contributed by atoms with Gasteiger partial charge in [-0.3, -0.25) is 4.79 Å². The van der Waals surface area contributed by atoms with Crippen molar-refractivity contribution < 1.29 is 14.3 Å². The molecule has 0 spiro atoms. The fraction of sp³-hybridized carbons (Fsp3) is 0.250. The van der Waals surface area contributed by atoms with E-state index in [1.54, 1.807) is 12.1 Å². The molecule has 1 aromatic rings. The van der Waals surface area contributed by atoms with E-state index < -0.39 is 6.09 Å². The first-order valence-electron chi connectivity index (χ1n) is 5.49. The maximum Gasteiger partial charge on any atom is 0.404 e. The minimum atomic E-state index is -0.879. The van der Waals surface area contributed by atoms with Crippen LogP contribution in [0.5, 0.6) is 0 Å². The molecule has 0 atom stereocenters. The number of nitrogens with zero attached hydrogens (tertiary/aromatic N) is 1. The van der Waals surface area contributed by atoms with Crippen LogP contribution in [-0.2, 0) is 4.74 Å². The molecule has 0 bridgehead atoms. The summed E-state index contributed by atoms with van der Waals surface area (Å²) in [5.74, 6) is 5.11. The first-order chi connectivity index (χ1) is 9.13. The summed E-state index contributed by atoms with van der Waals surface area (Å²) < 4.78 is 4.47. The van der Waals surface area contributed by atoms with Crippen molar-refractivity contribution in [2.24, 2.45) is 11.5 Å². The molecular weight excluding hydrogens is 248 g/mol. The smallest absolute Gasteiger partial charge is 0.404 e. The van der Waals surface area contributed by atoms with Gasteiger partial charge >= 0.3 is 6.09 Å². The Morgan fingerprint density at radius 2 is 2.21 bits per heavy atom. The summed E-state index contributed by atoms with van der Waals surface area (Å²) in [6, 6.07) is 3.22. The van der Waals surface area contributed by atoms with Crippen molar-refractivity contribution in [2.75, 3.05) is 19.7 Å². The molecular formula is C12H14N4O3. The summed E-state index contributed by atoms with van der Waals surface area (Å²) in [5.41, 5.74) is 10.9. The second-order valence-electron chi connectivity index (χ2n) is 3.36. The number of ether oxygens (including phenoxy) is 1. The molecule has 7 heteroatoms. The Morgan fingerprint density at radius 1 is 1.42 bits per heavy atom. The van der Waals surface area contributed by atoms with Gasteiger partial charge < -0.3 is 21.5 Å². The molecule has 0 aliphatic heterocycles. The van der Waals surface area contributed by atoms with Gasteiger partial charge in [0.2, 0.25) is 0 Å². The van der Waals surface area contributed by atoms with Crippen molar-refractivity contribution in [3.05, 3.63) is 29.6 Å². The standard InChI is InChI=1S/C12H14N4O3/c13-5-1-2-9-3-4-10(16-8-9)11(17)15-6-7-19-12(14)18/h3-4,8H,5-7,13H2,(H2,14,18)(H,15,17). The minimum Gasteiger partial charge on any atom is -0.448 e. The van der Waals surface area contributed by atoms with Crippen molar-refractivity contribution in [2.45, 2.75) is 0 Å². The van der Waals surface area contributed by atoms with Crippen LogP contribution in [0.1, 0.15) is 16.1 Å². The summed E-state index contributed by atoms with van der Waals surface area (Å²) in [7, 11) is 0. The molecule has 0 unspecified atom stereocenters. The average Bonchev–Trinajstić information content (AvgIpc) is 2.41. The van der Waals surface area contributed by atoms with Crippen LogP contribution in [0.4, 0.5) is 4.79 Å². The fourth-order valence-electron chi connectivity index (χ4n) is 1.16. The number of nitrogens with one attached hydrogen (secondary N) is 1. The lowest BCUT2D eigenvalue weighted by atomic mass is 10.2. The Kier molecular flexibility index (Phi) is 5.85. The predicted octanol–water partition coefficient (Wildman–Crippen LogP) is -0.783. The molecule has 0 radical (unpaired) electrons. The third-order valence-corrected chi connectivity index (χ3v) is 1.96. The van der Waals surface area contributed by atoms with Crippen molar-refractivity contribution in [1.29, 1.82) is 0 Å². The molecule has 5 N–H and O–H groups in total. The Balaban J connectivity index is 2.46. The molecule has 100 valence electrons. The highest BCUT2D eigenvalue weighted by atomic mass is 16.5. The molecule has 1 heterocycles. The van der Waals surface area contributed by atoms with Crippen molar-refractivity contribution >= 4 is 12.0 Å². The third kappa shape index (κ3) is 5.52. The zero-order valence-electron chi connectivity index (χ0n) is 10.2. The van der Waals surface area contributed by atoms with E-state index in [9.17, 15) is 9.59 Å². The summed E-state index contributed by atoms with van der Waals surface area (Å²) in [6.45, 7) is 0.446. The number of nitrogens with two attached hydrogens (primary N) is 2. The van der Waals surface area contributed by atoms with Crippen molar-refractivity contribution in [3.63, 3.8) is 0 Å². The number of pyridine rings is 1. The van der Waals surface area contributed by atoms with E-state index in [0.717, 1.165) is 0 Å². The van der Waals surface area contributed by atoms with E-state index in [0.29, 0.717) is 5.56 Å². The molecule has 2 amide bonds. The topological polar surface area (TPSA) is 120 Å². The zero-order chi connectivity index (χ0) is 14.1. The fourth-order valence-corrected chi connectivity index (χ4v) is 1.16. The SMILES string of the molecule is NCC#Cc1ccc(C(=O)NCCOC(N)=O)nc1. The molecule has 0 aliphatic rings. The lowest BCUT2D eigenvalue weighted by molar-refractivity contribution is 0.0932. The highest BCUT2D eigenvalue weighted by molar-refractivity contribution is 5.92.